The molecule has 12 heteroatoms. The summed E-state index contributed by atoms with van der Waals surface area (Å²) < 4.78 is 56.6. The summed E-state index contributed by atoms with van der Waals surface area (Å²) in [6.07, 6.45) is 3.53. The normalized spacial score (nSPS) is 14.6. The molecule has 3 aromatic rings. The summed E-state index contributed by atoms with van der Waals surface area (Å²) >= 11 is 0. The molecule has 0 saturated carbocycles. The molecule has 0 atom stereocenters. The molecule has 47 heavy (non-hydrogen) atoms. The molecule has 4 amide bonds. The molecule has 11 nitrogen and oxygen atoms in total. The highest BCUT2D eigenvalue weighted by Crippen LogP contribution is 2.21. The van der Waals surface area contributed by atoms with Gasteiger partial charge in [-0.25, -0.2) is 22.7 Å². The molecular weight excluding hydrogens is 614 g/mol. The number of anilines is 2. The molecule has 3 aromatic carbocycles. The van der Waals surface area contributed by atoms with Gasteiger partial charge in [-0.05, 0) is 125 Å². The average molecular weight is 682 g/mol. The standard InChI is InChI=1S/C19H22N4O4S.C10H14N2.C6H15N.4H2/c1-13-2-6-17(7-3-13)28(26,27)22-19(25)21-16-5-4-14-8-10-23(18(20)24)11-9-15(14)12-16;11-10-2-1-8-3-5-12-6-4-9(8)7-10;1-4-7(5-2)6-3;;;;/h2-7,12H,8-11H2,1H3,(H2,20,24)(H2,21,22,25);1-2,7,12H,3-6,11H2;4-6H2,1-3H3;4*1H/p+1/i;;;3*1+1D;1+1. The Morgan fingerprint density at radius 2 is 1.40 bits per heavy atom. The largest absolute Gasteiger partial charge is 0.399 e. The molecule has 264 valence electrons. The van der Waals surface area contributed by atoms with Crippen LogP contribution in [0.25, 0.3) is 0 Å². The molecule has 0 unspecified atom stereocenters. The van der Waals surface area contributed by atoms with Crippen LogP contribution in [0.2, 0.25) is 0 Å². The van der Waals surface area contributed by atoms with E-state index in [1.165, 1.54) is 42.9 Å². The Morgan fingerprint density at radius 1 is 0.851 bits per heavy atom. The maximum absolute atomic E-state index is 12.3. The number of nitrogen functional groups attached to an aromatic ring is 1. The van der Waals surface area contributed by atoms with Crippen molar-refractivity contribution in [3.8, 4) is 0 Å². The number of rotatable bonds is 6. The van der Waals surface area contributed by atoms with Crippen LogP contribution in [0.15, 0.2) is 65.6 Å². The average Bonchev–Trinajstić information content (AvgIpc) is 3.54. The molecule has 5 rings (SSSR count). The first-order chi connectivity index (χ1) is 25.4. The zero-order chi connectivity index (χ0) is 40.4. The molecule has 0 radical (unpaired) electrons. The van der Waals surface area contributed by atoms with E-state index in [1.54, 1.807) is 34.1 Å². The highest BCUT2D eigenvalue weighted by atomic mass is 32.2. The smallest absolute Gasteiger partial charge is 0.333 e. The number of hydrogen-bond acceptors (Lipinski definition) is 6. The lowest BCUT2D eigenvalue weighted by atomic mass is 10.0. The van der Waals surface area contributed by atoms with Crippen molar-refractivity contribution in [2.24, 2.45) is 5.73 Å². The van der Waals surface area contributed by atoms with Gasteiger partial charge in [0.2, 0.25) is 0 Å². The Labute approximate surface area is 290 Å². The van der Waals surface area contributed by atoms with E-state index in [4.69, 9.17) is 20.4 Å². The summed E-state index contributed by atoms with van der Waals surface area (Å²) in [7, 11) is -3.96. The van der Waals surface area contributed by atoms with Gasteiger partial charge in [-0.1, -0.05) is 29.8 Å². The van der Waals surface area contributed by atoms with E-state index in [9.17, 15) is 18.0 Å². The SMILES string of the molecule is CC[NH+](CC)CC.Cc1ccc(S(=O)(=O)NC(=O)Nc2ccc3c(c2)CCN(C(N)=O)CC3)cc1.Nc1ccc2c(c1)CCNCC2.[2HH].[2H][2H].[2H][2H].[2H][2H]. The highest BCUT2D eigenvalue weighted by molar-refractivity contribution is 7.90. The summed E-state index contributed by atoms with van der Waals surface area (Å²) in [6.45, 7) is 15.6. The van der Waals surface area contributed by atoms with Crippen LogP contribution < -0.4 is 31.7 Å². The van der Waals surface area contributed by atoms with E-state index in [0.29, 0.717) is 31.6 Å². The molecule has 0 spiro atoms. The number of primary amides is 1. The first kappa shape index (κ1) is 32.8. The quantitative estimate of drug-likeness (QED) is 0.217. The van der Waals surface area contributed by atoms with Crippen molar-refractivity contribution < 1.29 is 33.2 Å². The number of nitrogens with two attached hydrogens (primary N) is 2. The maximum Gasteiger partial charge on any atom is 0.333 e. The number of nitrogens with zero attached hydrogens (tertiary/aromatic N) is 1. The lowest BCUT2D eigenvalue weighted by Crippen LogP contribution is -3.11. The van der Waals surface area contributed by atoms with Crippen LogP contribution in [0.3, 0.4) is 0 Å². The number of aryl methyl sites for hydroxylation is 1. The van der Waals surface area contributed by atoms with E-state index in [1.807, 2.05) is 23.8 Å². The maximum atomic E-state index is 12.3. The van der Waals surface area contributed by atoms with Gasteiger partial charge in [0, 0.05) is 34.8 Å². The van der Waals surface area contributed by atoms with Crippen molar-refractivity contribution in [1.82, 2.24) is 14.9 Å². The lowest BCUT2D eigenvalue weighted by Gasteiger charge is -2.16. The second-order valence-corrected chi connectivity index (χ2v) is 13.5. The van der Waals surface area contributed by atoms with Crippen molar-refractivity contribution in [3.63, 3.8) is 0 Å². The first-order valence-corrected chi connectivity index (χ1v) is 17.9. The van der Waals surface area contributed by atoms with E-state index in [0.717, 1.165) is 48.3 Å². The summed E-state index contributed by atoms with van der Waals surface area (Å²) in [4.78, 5) is 26.8. The van der Waals surface area contributed by atoms with Gasteiger partial charge in [0.25, 0.3) is 10.0 Å². The molecule has 0 aromatic heterocycles. The second-order valence-electron chi connectivity index (χ2n) is 11.8. The third-order valence-corrected chi connectivity index (χ3v) is 9.86. The summed E-state index contributed by atoms with van der Waals surface area (Å²) in [5.41, 5.74) is 18.3. The number of benzene rings is 3. The van der Waals surface area contributed by atoms with Crippen LogP contribution in [0, 0.1) is 6.92 Å². The van der Waals surface area contributed by atoms with Gasteiger partial charge < -0.3 is 31.9 Å². The number of fused-ring (bicyclic) bond motifs is 2. The molecule has 2 heterocycles. The van der Waals surface area contributed by atoms with Crippen LogP contribution in [0.4, 0.5) is 21.0 Å². The number of amides is 4. The fraction of sp³-hybridized carbons (Fsp3) is 0.429. The highest BCUT2D eigenvalue weighted by Gasteiger charge is 2.19. The first-order valence-electron chi connectivity index (χ1n) is 19.4. The lowest BCUT2D eigenvalue weighted by molar-refractivity contribution is -0.894. The minimum Gasteiger partial charge on any atom is -0.399 e. The van der Waals surface area contributed by atoms with Gasteiger partial charge in [0.05, 0.1) is 24.5 Å². The van der Waals surface area contributed by atoms with Gasteiger partial charge in [-0.2, -0.15) is 0 Å². The zero-order valence-corrected chi connectivity index (χ0v) is 29.0. The van der Waals surface area contributed by atoms with Crippen LogP contribution in [0.5, 0.6) is 0 Å². The third-order valence-electron chi connectivity index (χ3n) is 8.51. The monoisotopic (exact) mass is 681 g/mol. The van der Waals surface area contributed by atoms with Crippen molar-refractivity contribution in [1.29, 1.82) is 0 Å². The Balaban J connectivity index is 0. The Hall–Kier alpha value is -4.13. The zero-order valence-electron chi connectivity index (χ0n) is 34.2. The van der Waals surface area contributed by atoms with Gasteiger partial charge in [0.1, 0.15) is 0 Å². The molecule has 0 aliphatic carbocycles. The van der Waals surface area contributed by atoms with Crippen molar-refractivity contribution in [3.05, 3.63) is 88.5 Å². The number of urea groups is 2. The molecule has 2 aliphatic heterocycles. The minimum atomic E-state index is -3.96. The van der Waals surface area contributed by atoms with Gasteiger partial charge in [-0.3, -0.25) is 0 Å². The summed E-state index contributed by atoms with van der Waals surface area (Å²) in [5, 5.41) is 5.92. The van der Waals surface area contributed by atoms with Crippen LogP contribution in [-0.2, 0) is 35.7 Å². The number of hydrogen-bond donors (Lipinski definition) is 6. The number of sulfonamides is 1. The summed E-state index contributed by atoms with van der Waals surface area (Å²) in [6, 6.07) is 16.5. The van der Waals surface area contributed by atoms with Gasteiger partial charge in [-0.15, -0.1) is 0 Å². The molecule has 0 saturated heterocycles. The van der Waals surface area contributed by atoms with E-state index in [2.05, 4.69) is 43.5 Å². The topological polar surface area (TPSA) is 164 Å². The number of carbonyl (C=O) groups excluding carboxylic acids is 2. The predicted molar refractivity (Wildman–Crippen MR) is 198 cm³/mol. The Bertz CT molecular complexity index is 1600. The van der Waals surface area contributed by atoms with Crippen LogP contribution >= 0.6 is 0 Å². The number of carbonyl (C=O) groups is 2. The molecule has 0 bridgehead atoms. The molecular formula is C35H60N7O4S+. The van der Waals surface area contributed by atoms with Crippen molar-refractivity contribution >= 4 is 33.5 Å². The van der Waals surface area contributed by atoms with E-state index in [-0.39, 0.29) is 6.32 Å². The number of quaternary nitrogens is 1. The minimum absolute atomic E-state index is 0. The Kier molecular flexibility index (Phi) is 12.7. The summed E-state index contributed by atoms with van der Waals surface area (Å²) in [5.74, 6) is 0. The molecule has 2 aliphatic rings. The molecule has 8 N–H and O–H groups in total. The Morgan fingerprint density at radius 3 is 2.00 bits per heavy atom. The van der Waals surface area contributed by atoms with Crippen LogP contribution in [-0.4, -0.2) is 71.2 Å². The van der Waals surface area contributed by atoms with Crippen LogP contribution in [0.1, 0.15) is 58.9 Å². The van der Waals surface area contributed by atoms with E-state index >= 15 is 0 Å². The fourth-order valence-electron chi connectivity index (χ4n) is 5.52. The fourth-order valence-corrected chi connectivity index (χ4v) is 6.43. The van der Waals surface area contributed by atoms with Crippen molar-refractivity contribution in [2.75, 3.05) is 56.9 Å². The van der Waals surface area contributed by atoms with Gasteiger partial charge >= 0.3 is 12.1 Å². The van der Waals surface area contributed by atoms with Gasteiger partial charge in [0.15, 0.2) is 0 Å². The second kappa shape index (κ2) is 18.3. The number of nitrogens with one attached hydrogen (secondary N) is 4. The van der Waals surface area contributed by atoms with Crippen molar-refractivity contribution in [2.45, 2.75) is 58.3 Å². The van der Waals surface area contributed by atoms with E-state index < -0.39 is 22.1 Å². The third kappa shape index (κ3) is 11.9. The molecule has 0 fully saturated rings. The predicted octanol–water partition coefficient (Wildman–Crippen LogP) is 3.86.